The van der Waals surface area contributed by atoms with Gasteiger partial charge in [-0.2, -0.15) is 0 Å². The zero-order valence-corrected chi connectivity index (χ0v) is 30.6. The summed E-state index contributed by atoms with van der Waals surface area (Å²) in [7, 11) is 0. The van der Waals surface area contributed by atoms with Crippen molar-refractivity contribution in [1.29, 1.82) is 0 Å². The summed E-state index contributed by atoms with van der Waals surface area (Å²) in [5, 5.41) is 15.4. The minimum Gasteiger partial charge on any atom is -0.365 e. The number of carbonyl (C=O) groups is 1. The van der Waals surface area contributed by atoms with Crippen LogP contribution in [0.3, 0.4) is 0 Å². The van der Waals surface area contributed by atoms with Gasteiger partial charge >= 0.3 is 0 Å². The molecule has 0 aliphatic carbocycles. The summed E-state index contributed by atoms with van der Waals surface area (Å²) in [6, 6.07) is 50.4. The maximum absolute atomic E-state index is 13.7. The highest BCUT2D eigenvalue weighted by Crippen LogP contribution is 2.40. The van der Waals surface area contributed by atoms with Gasteiger partial charge in [-0.05, 0) is 63.6 Å². The summed E-state index contributed by atoms with van der Waals surface area (Å²) in [5.74, 6) is -0.270. The van der Waals surface area contributed by atoms with Gasteiger partial charge in [-0.25, -0.2) is 0 Å². The van der Waals surface area contributed by atoms with Crippen LogP contribution in [0.4, 0.5) is 0 Å². The first-order chi connectivity index (χ1) is 26.9. The van der Waals surface area contributed by atoms with E-state index in [1.54, 1.807) is 15.4 Å². The number of hydrogen-bond acceptors (Lipinski definition) is 6. The second-order valence-electron chi connectivity index (χ2n) is 13.5. The zero-order chi connectivity index (χ0) is 37.9. The van der Waals surface area contributed by atoms with E-state index in [-0.39, 0.29) is 12.1 Å². The molecule has 8 aromatic rings. The van der Waals surface area contributed by atoms with E-state index in [4.69, 9.17) is 26.1 Å². The van der Waals surface area contributed by atoms with E-state index in [2.05, 4.69) is 36.4 Å². The van der Waals surface area contributed by atoms with E-state index < -0.39 is 17.0 Å². The Morgan fingerprint density at radius 1 is 0.691 bits per heavy atom. The van der Waals surface area contributed by atoms with E-state index in [0.29, 0.717) is 12.2 Å². The van der Waals surface area contributed by atoms with Crippen molar-refractivity contribution in [2.75, 3.05) is 0 Å². The number of pyridine rings is 2. The predicted molar refractivity (Wildman–Crippen MR) is 216 cm³/mol. The number of nitrogens with two attached hydrogens (primary N) is 1. The Balaban J connectivity index is 1.20. The predicted octanol–water partition coefficient (Wildman–Crippen LogP) is 7.83. The van der Waals surface area contributed by atoms with Crippen LogP contribution in [0.2, 0.25) is 0 Å². The topological polar surface area (TPSA) is 122 Å². The molecule has 0 saturated carbocycles. The summed E-state index contributed by atoms with van der Waals surface area (Å²) >= 11 is 0. The molecule has 270 valence electrons. The molecular weight excluding hydrogens is 683 g/mol. The highest BCUT2D eigenvalue weighted by Gasteiger charge is 2.41. The molecule has 0 aliphatic rings. The summed E-state index contributed by atoms with van der Waals surface area (Å²) in [5.41, 5.74) is 13.4. The van der Waals surface area contributed by atoms with Gasteiger partial charge in [-0.3, -0.25) is 14.6 Å². The van der Waals surface area contributed by atoms with Gasteiger partial charge in [0.25, 0.3) is 11.5 Å². The van der Waals surface area contributed by atoms with Gasteiger partial charge in [0.2, 0.25) is 5.82 Å². The molecule has 0 fully saturated rings. The minimum atomic E-state index is -0.897. The van der Waals surface area contributed by atoms with E-state index in [9.17, 15) is 9.59 Å². The van der Waals surface area contributed by atoms with Gasteiger partial charge in [0.1, 0.15) is 5.56 Å². The van der Waals surface area contributed by atoms with Crippen molar-refractivity contribution in [3.8, 4) is 22.5 Å². The fourth-order valence-corrected chi connectivity index (χ4v) is 7.53. The molecule has 0 atom stereocenters. The van der Waals surface area contributed by atoms with Crippen molar-refractivity contribution < 1.29 is 4.79 Å². The third kappa shape index (κ3) is 6.29. The van der Waals surface area contributed by atoms with Crippen LogP contribution in [-0.4, -0.2) is 35.7 Å². The lowest BCUT2D eigenvalue weighted by atomic mass is 9.77. The highest BCUT2D eigenvalue weighted by molar-refractivity contribution is 5.97. The van der Waals surface area contributed by atoms with E-state index in [0.717, 1.165) is 67.7 Å². The van der Waals surface area contributed by atoms with E-state index >= 15 is 0 Å². The van der Waals surface area contributed by atoms with Crippen molar-refractivity contribution in [2.45, 2.75) is 38.8 Å². The summed E-state index contributed by atoms with van der Waals surface area (Å²) in [6.45, 7) is 4.30. The molecule has 0 aliphatic heterocycles. The van der Waals surface area contributed by atoms with Crippen LogP contribution in [-0.2, 0) is 24.9 Å². The molecule has 5 aromatic carbocycles. The van der Waals surface area contributed by atoms with Gasteiger partial charge in [0.05, 0.1) is 12.1 Å². The van der Waals surface area contributed by atoms with Crippen molar-refractivity contribution in [3.05, 3.63) is 201 Å². The van der Waals surface area contributed by atoms with Crippen molar-refractivity contribution in [1.82, 2.24) is 29.8 Å². The standard InChI is InChI=1S/C46H39N7O2/c1-3-36-28-42-39(41(4-2)48-36)29-40(43(47)54)45(55)52(42)30-31-24-26-32(27-25-31)37-22-14-15-23-38(37)44-49-51-53(50-44)46(33-16-8-5-9-17-33,34-18-10-6-11-19-34)35-20-12-7-13-21-35/h5-29H,3-4,30H2,1-2H3,(H2,47,54). The third-order valence-electron chi connectivity index (χ3n) is 10.2. The summed E-state index contributed by atoms with van der Waals surface area (Å²) in [6.07, 6.45) is 1.38. The number of carbonyl (C=O) groups excluding carboxylic acids is 1. The molecule has 9 nitrogen and oxygen atoms in total. The van der Waals surface area contributed by atoms with Gasteiger partial charge in [0.15, 0.2) is 5.54 Å². The van der Waals surface area contributed by atoms with Crippen molar-refractivity contribution in [2.24, 2.45) is 5.73 Å². The number of nitrogens with zero attached hydrogens (tertiary/aromatic N) is 6. The van der Waals surface area contributed by atoms with Crippen LogP contribution in [0.15, 0.2) is 156 Å². The fraction of sp³-hybridized carbons (Fsp3) is 0.130. The Labute approximate surface area is 318 Å². The molecule has 3 aromatic heterocycles. The summed E-state index contributed by atoms with van der Waals surface area (Å²) in [4.78, 5) is 32.6. The third-order valence-corrected chi connectivity index (χ3v) is 10.2. The highest BCUT2D eigenvalue weighted by atomic mass is 16.2. The molecule has 2 N–H and O–H groups in total. The first-order valence-electron chi connectivity index (χ1n) is 18.4. The Morgan fingerprint density at radius 2 is 1.25 bits per heavy atom. The van der Waals surface area contributed by atoms with E-state index in [1.165, 1.54) is 0 Å². The van der Waals surface area contributed by atoms with Gasteiger partial charge in [0, 0.05) is 22.3 Å². The smallest absolute Gasteiger partial charge is 0.264 e. The number of primary amides is 1. The molecule has 1 amide bonds. The fourth-order valence-electron chi connectivity index (χ4n) is 7.53. The van der Waals surface area contributed by atoms with Crippen LogP contribution < -0.4 is 11.3 Å². The van der Waals surface area contributed by atoms with Crippen molar-refractivity contribution in [3.63, 3.8) is 0 Å². The van der Waals surface area contributed by atoms with Crippen LogP contribution in [0.1, 0.15) is 57.8 Å². The molecule has 0 spiro atoms. The van der Waals surface area contributed by atoms with Crippen LogP contribution in [0.25, 0.3) is 33.4 Å². The minimum absolute atomic E-state index is 0.0462. The van der Waals surface area contributed by atoms with E-state index in [1.807, 2.05) is 123 Å². The summed E-state index contributed by atoms with van der Waals surface area (Å²) < 4.78 is 1.64. The average Bonchev–Trinajstić information content (AvgIpc) is 3.73. The number of rotatable bonds is 11. The molecule has 0 radical (unpaired) electrons. The SMILES string of the molecule is CCc1cc2c(cc(C(N)=O)c(=O)n2Cc2ccc(-c3ccccc3-c3nnn(C(c4ccccc4)(c4ccccc4)c4ccccc4)n3)cc2)c(CC)n1. The van der Waals surface area contributed by atoms with Gasteiger partial charge in [-0.1, -0.05) is 153 Å². The number of hydrogen-bond donors (Lipinski definition) is 1. The first kappa shape index (κ1) is 35.1. The molecule has 9 heteroatoms. The lowest BCUT2D eigenvalue weighted by molar-refractivity contribution is 0.0998. The Morgan fingerprint density at radius 3 is 1.80 bits per heavy atom. The van der Waals surface area contributed by atoms with Crippen LogP contribution >= 0.6 is 0 Å². The maximum atomic E-state index is 13.7. The van der Waals surface area contributed by atoms with Crippen LogP contribution in [0, 0.1) is 0 Å². The molecule has 0 saturated heterocycles. The number of amides is 1. The largest absolute Gasteiger partial charge is 0.365 e. The number of aryl methyl sites for hydroxylation is 2. The molecule has 0 bridgehead atoms. The first-order valence-corrected chi connectivity index (χ1v) is 18.4. The lowest BCUT2D eigenvalue weighted by Gasteiger charge is -2.34. The molecule has 55 heavy (non-hydrogen) atoms. The number of tetrazole rings is 1. The van der Waals surface area contributed by atoms with Crippen molar-refractivity contribution >= 4 is 16.8 Å². The Bertz CT molecular complexity index is 2590. The van der Waals surface area contributed by atoms with Gasteiger partial charge < -0.3 is 10.3 Å². The molecule has 8 rings (SSSR count). The quantitative estimate of drug-likeness (QED) is 0.136. The second-order valence-corrected chi connectivity index (χ2v) is 13.5. The zero-order valence-electron chi connectivity index (χ0n) is 30.6. The number of benzene rings is 5. The number of fused-ring (bicyclic) bond motifs is 1. The molecule has 0 unspecified atom stereocenters. The van der Waals surface area contributed by atoms with Gasteiger partial charge in [-0.15, -0.1) is 15.0 Å². The van der Waals surface area contributed by atoms with Crippen LogP contribution in [0.5, 0.6) is 0 Å². The number of aromatic nitrogens is 6. The monoisotopic (exact) mass is 721 g/mol. The molecular formula is C46H39N7O2. The Hall–Kier alpha value is -7.00. The average molecular weight is 722 g/mol. The maximum Gasteiger partial charge on any atom is 0.264 e. The second kappa shape index (κ2) is 14.8. The molecule has 3 heterocycles. The lowest BCUT2D eigenvalue weighted by Crippen LogP contribution is -2.39. The normalized spacial score (nSPS) is 11.5. The Kier molecular flexibility index (Phi) is 9.43.